The van der Waals surface area contributed by atoms with Crippen molar-refractivity contribution in [3.8, 4) is 5.82 Å². The molecule has 148 valence electrons. The first-order valence-corrected chi connectivity index (χ1v) is 10.2. The van der Waals surface area contributed by atoms with Crippen LogP contribution < -0.4 is 10.6 Å². The van der Waals surface area contributed by atoms with E-state index in [9.17, 15) is 4.79 Å². The number of nitrogens with zero attached hydrogens (tertiary/aromatic N) is 4. The smallest absolute Gasteiger partial charge is 0.220 e. The monoisotopic (exact) mass is 398 g/mol. The van der Waals surface area contributed by atoms with Crippen LogP contribution in [0.1, 0.15) is 33.8 Å². The molecule has 0 bridgehead atoms. The van der Waals surface area contributed by atoms with E-state index < -0.39 is 0 Å². The standard InChI is InChI=1S/C20H26N6OS/c1-13-9-12-28-17(13)5-8-20(27)22-11-10-21-18-6-7-19(24-23-18)26-16(4)14(2)15(3)25-26/h6-7,9,12H,5,8,10-11H2,1-4H3,(H,21,23)(H,22,27). The van der Waals surface area contributed by atoms with Crippen LogP contribution in [-0.2, 0) is 11.2 Å². The van der Waals surface area contributed by atoms with Gasteiger partial charge >= 0.3 is 0 Å². The quantitative estimate of drug-likeness (QED) is 0.570. The van der Waals surface area contributed by atoms with E-state index in [4.69, 9.17) is 0 Å². The van der Waals surface area contributed by atoms with Crippen molar-refractivity contribution in [3.63, 3.8) is 0 Å². The van der Waals surface area contributed by atoms with Gasteiger partial charge in [0, 0.05) is 30.1 Å². The van der Waals surface area contributed by atoms with Crippen molar-refractivity contribution in [2.75, 3.05) is 18.4 Å². The Morgan fingerprint density at radius 1 is 1.11 bits per heavy atom. The molecule has 3 aromatic heterocycles. The van der Waals surface area contributed by atoms with Crippen LogP contribution in [0.4, 0.5) is 5.82 Å². The number of hydrogen-bond acceptors (Lipinski definition) is 6. The summed E-state index contributed by atoms with van der Waals surface area (Å²) in [6.45, 7) is 9.27. The second-order valence-electron chi connectivity index (χ2n) is 6.79. The minimum absolute atomic E-state index is 0.0657. The molecule has 3 heterocycles. The van der Waals surface area contributed by atoms with Crippen molar-refractivity contribution in [2.45, 2.75) is 40.5 Å². The molecule has 0 fully saturated rings. The number of carbonyl (C=O) groups excluding carboxylic acids is 1. The van der Waals surface area contributed by atoms with Crippen LogP contribution in [0.3, 0.4) is 0 Å². The molecule has 0 atom stereocenters. The van der Waals surface area contributed by atoms with Crippen LogP contribution in [0.15, 0.2) is 23.6 Å². The van der Waals surface area contributed by atoms with Crippen molar-refractivity contribution >= 4 is 23.1 Å². The first-order valence-electron chi connectivity index (χ1n) is 9.36. The highest BCUT2D eigenvalue weighted by molar-refractivity contribution is 7.10. The number of thiophene rings is 1. The molecular formula is C20H26N6OS. The maximum absolute atomic E-state index is 12.0. The van der Waals surface area contributed by atoms with E-state index >= 15 is 0 Å². The van der Waals surface area contributed by atoms with Crippen LogP contribution in [-0.4, -0.2) is 39.0 Å². The van der Waals surface area contributed by atoms with Gasteiger partial charge in [-0.25, -0.2) is 4.68 Å². The summed E-state index contributed by atoms with van der Waals surface area (Å²) < 4.78 is 1.80. The van der Waals surface area contributed by atoms with Gasteiger partial charge in [-0.15, -0.1) is 21.5 Å². The Kier molecular flexibility index (Phi) is 6.41. The van der Waals surface area contributed by atoms with Crippen LogP contribution in [0.5, 0.6) is 0 Å². The molecule has 28 heavy (non-hydrogen) atoms. The molecule has 0 aliphatic rings. The van der Waals surface area contributed by atoms with Crippen molar-refractivity contribution in [2.24, 2.45) is 0 Å². The van der Waals surface area contributed by atoms with Gasteiger partial charge in [-0.1, -0.05) is 0 Å². The minimum atomic E-state index is 0.0657. The van der Waals surface area contributed by atoms with Gasteiger partial charge in [-0.2, -0.15) is 5.10 Å². The summed E-state index contributed by atoms with van der Waals surface area (Å²) in [6.07, 6.45) is 1.30. The Hall–Kier alpha value is -2.74. The van der Waals surface area contributed by atoms with E-state index in [2.05, 4.69) is 44.3 Å². The van der Waals surface area contributed by atoms with Crippen LogP contribution in [0, 0.1) is 27.7 Å². The third-order valence-electron chi connectivity index (χ3n) is 4.82. The molecule has 0 aliphatic heterocycles. The second kappa shape index (κ2) is 8.97. The molecule has 0 saturated heterocycles. The Bertz CT molecular complexity index is 944. The fourth-order valence-electron chi connectivity index (χ4n) is 2.84. The Labute approximate surface area is 169 Å². The molecular weight excluding hydrogens is 372 g/mol. The van der Waals surface area contributed by atoms with Gasteiger partial charge in [0.2, 0.25) is 5.91 Å². The highest BCUT2D eigenvalue weighted by Gasteiger charge is 2.10. The largest absolute Gasteiger partial charge is 0.367 e. The zero-order valence-electron chi connectivity index (χ0n) is 16.7. The molecule has 1 amide bonds. The first-order chi connectivity index (χ1) is 13.5. The van der Waals surface area contributed by atoms with Crippen molar-refractivity contribution in [1.29, 1.82) is 0 Å². The third kappa shape index (κ3) is 4.75. The SMILES string of the molecule is Cc1ccsc1CCC(=O)NCCNc1ccc(-n2nc(C)c(C)c2C)nn1. The minimum Gasteiger partial charge on any atom is -0.367 e. The number of nitrogens with one attached hydrogen (secondary N) is 2. The van der Waals surface area contributed by atoms with E-state index in [1.807, 2.05) is 32.9 Å². The second-order valence-corrected chi connectivity index (χ2v) is 7.79. The van der Waals surface area contributed by atoms with E-state index in [-0.39, 0.29) is 5.91 Å². The van der Waals surface area contributed by atoms with Crippen LogP contribution in [0.2, 0.25) is 0 Å². The number of hydrogen-bond donors (Lipinski definition) is 2. The molecule has 0 aliphatic carbocycles. The number of rotatable bonds is 8. The average molecular weight is 399 g/mol. The lowest BCUT2D eigenvalue weighted by atomic mass is 10.2. The van der Waals surface area contributed by atoms with Gasteiger partial charge in [0.1, 0.15) is 5.82 Å². The van der Waals surface area contributed by atoms with Gasteiger partial charge in [0.05, 0.1) is 5.69 Å². The number of amides is 1. The lowest BCUT2D eigenvalue weighted by molar-refractivity contribution is -0.120. The summed E-state index contributed by atoms with van der Waals surface area (Å²) in [5, 5.41) is 21.1. The zero-order chi connectivity index (χ0) is 20.1. The molecule has 0 aromatic carbocycles. The third-order valence-corrected chi connectivity index (χ3v) is 5.90. The van der Waals surface area contributed by atoms with Crippen molar-refractivity contribution < 1.29 is 4.79 Å². The molecule has 2 N–H and O–H groups in total. The molecule has 3 aromatic rings. The van der Waals surface area contributed by atoms with Gasteiger partial charge in [0.15, 0.2) is 5.82 Å². The first kappa shape index (κ1) is 20.0. The normalized spacial score (nSPS) is 10.9. The van der Waals surface area contributed by atoms with E-state index in [0.717, 1.165) is 23.4 Å². The fraction of sp³-hybridized carbons (Fsp3) is 0.400. The topological polar surface area (TPSA) is 84.7 Å². The van der Waals surface area contributed by atoms with Gasteiger partial charge in [-0.3, -0.25) is 4.79 Å². The van der Waals surface area contributed by atoms with Gasteiger partial charge < -0.3 is 10.6 Å². The highest BCUT2D eigenvalue weighted by Crippen LogP contribution is 2.17. The average Bonchev–Trinajstić information content (AvgIpc) is 3.22. The highest BCUT2D eigenvalue weighted by atomic mass is 32.1. The maximum atomic E-state index is 12.0. The van der Waals surface area contributed by atoms with Crippen LogP contribution in [0.25, 0.3) is 5.82 Å². The molecule has 0 radical (unpaired) electrons. The van der Waals surface area contributed by atoms with Crippen molar-refractivity contribution in [3.05, 3.63) is 51.0 Å². The summed E-state index contributed by atoms with van der Waals surface area (Å²) in [4.78, 5) is 13.2. The molecule has 0 spiro atoms. The molecule has 3 rings (SSSR count). The Balaban J connectivity index is 1.42. The van der Waals surface area contributed by atoms with E-state index in [1.54, 1.807) is 16.0 Å². The van der Waals surface area contributed by atoms with Gasteiger partial charge in [0.25, 0.3) is 0 Å². The lowest BCUT2D eigenvalue weighted by Crippen LogP contribution is -2.29. The fourth-order valence-corrected chi connectivity index (χ4v) is 3.75. The van der Waals surface area contributed by atoms with E-state index in [0.29, 0.717) is 31.1 Å². The van der Waals surface area contributed by atoms with Crippen LogP contribution >= 0.6 is 11.3 Å². The Morgan fingerprint density at radius 3 is 2.54 bits per heavy atom. The lowest BCUT2D eigenvalue weighted by Gasteiger charge is -2.08. The van der Waals surface area contributed by atoms with E-state index in [1.165, 1.54) is 10.4 Å². The number of aromatic nitrogens is 4. The summed E-state index contributed by atoms with van der Waals surface area (Å²) >= 11 is 1.71. The van der Waals surface area contributed by atoms with Crippen molar-refractivity contribution in [1.82, 2.24) is 25.3 Å². The summed E-state index contributed by atoms with van der Waals surface area (Å²) in [7, 11) is 0. The number of carbonyl (C=O) groups is 1. The maximum Gasteiger partial charge on any atom is 0.220 e. The predicted molar refractivity (Wildman–Crippen MR) is 112 cm³/mol. The zero-order valence-corrected chi connectivity index (χ0v) is 17.6. The predicted octanol–water partition coefficient (Wildman–Crippen LogP) is 3.12. The molecule has 7 nitrogen and oxygen atoms in total. The molecule has 0 unspecified atom stereocenters. The molecule has 8 heteroatoms. The number of aryl methyl sites for hydroxylation is 3. The van der Waals surface area contributed by atoms with Gasteiger partial charge in [-0.05, 0) is 68.8 Å². The summed E-state index contributed by atoms with van der Waals surface area (Å²) in [6, 6.07) is 5.84. The summed E-state index contributed by atoms with van der Waals surface area (Å²) in [5.74, 6) is 1.43. The summed E-state index contributed by atoms with van der Waals surface area (Å²) in [5.41, 5.74) is 4.48. The number of anilines is 1. The molecule has 0 saturated carbocycles. The Morgan fingerprint density at radius 2 is 1.93 bits per heavy atom.